The first-order valence-electron chi connectivity index (χ1n) is 7.20. The lowest BCUT2D eigenvalue weighted by atomic mass is 9.85. The van der Waals surface area contributed by atoms with Gasteiger partial charge in [-0.2, -0.15) is 0 Å². The number of methoxy groups -OCH3 is 1. The van der Waals surface area contributed by atoms with Gasteiger partial charge >= 0.3 is 0 Å². The summed E-state index contributed by atoms with van der Waals surface area (Å²) in [5.41, 5.74) is 6.36. The van der Waals surface area contributed by atoms with E-state index in [0.717, 1.165) is 32.5 Å². The maximum atomic E-state index is 6.10. The number of nitrogens with zero attached hydrogens (tertiary/aromatic N) is 1. The summed E-state index contributed by atoms with van der Waals surface area (Å²) in [4.78, 5) is 2.63. The minimum Gasteiger partial charge on any atom is -0.381 e. The molecule has 17 heavy (non-hydrogen) atoms. The second kappa shape index (κ2) is 7.34. The van der Waals surface area contributed by atoms with Gasteiger partial charge in [-0.15, -0.1) is 0 Å². The van der Waals surface area contributed by atoms with Gasteiger partial charge in [0, 0.05) is 32.3 Å². The molecule has 1 aliphatic heterocycles. The molecule has 2 N–H and O–H groups in total. The van der Waals surface area contributed by atoms with E-state index in [1.807, 2.05) is 7.11 Å². The summed E-state index contributed by atoms with van der Waals surface area (Å²) in [6.07, 6.45) is 7.69. The SMILES string of the molecule is CCCC(CN)(CCC)N1CCC(OC)CC1. The average Bonchev–Trinajstić information content (AvgIpc) is 2.38. The van der Waals surface area contributed by atoms with Gasteiger partial charge in [-0.3, -0.25) is 4.90 Å². The van der Waals surface area contributed by atoms with Crippen LogP contribution in [0.4, 0.5) is 0 Å². The van der Waals surface area contributed by atoms with E-state index in [1.54, 1.807) is 0 Å². The Morgan fingerprint density at radius 1 is 1.18 bits per heavy atom. The molecule has 0 aromatic carbocycles. The highest BCUT2D eigenvalue weighted by molar-refractivity contribution is 4.93. The third-order valence-corrected chi connectivity index (χ3v) is 4.26. The van der Waals surface area contributed by atoms with Gasteiger partial charge in [0.1, 0.15) is 0 Å². The van der Waals surface area contributed by atoms with Gasteiger partial charge in [0.15, 0.2) is 0 Å². The van der Waals surface area contributed by atoms with Crippen molar-refractivity contribution in [3.8, 4) is 0 Å². The highest BCUT2D eigenvalue weighted by atomic mass is 16.5. The van der Waals surface area contributed by atoms with Crippen LogP contribution in [-0.4, -0.2) is 43.3 Å². The third-order valence-electron chi connectivity index (χ3n) is 4.26. The molecule has 1 rings (SSSR count). The molecule has 0 aromatic rings. The van der Waals surface area contributed by atoms with Gasteiger partial charge in [-0.05, 0) is 25.7 Å². The van der Waals surface area contributed by atoms with E-state index in [4.69, 9.17) is 10.5 Å². The number of nitrogens with two attached hydrogens (primary N) is 1. The fraction of sp³-hybridized carbons (Fsp3) is 1.00. The van der Waals surface area contributed by atoms with Crippen LogP contribution in [0.5, 0.6) is 0 Å². The summed E-state index contributed by atoms with van der Waals surface area (Å²) in [6, 6.07) is 0. The highest BCUT2D eigenvalue weighted by Crippen LogP contribution is 2.29. The van der Waals surface area contributed by atoms with E-state index >= 15 is 0 Å². The van der Waals surface area contributed by atoms with E-state index in [-0.39, 0.29) is 5.54 Å². The van der Waals surface area contributed by atoms with Crippen LogP contribution in [0.1, 0.15) is 52.4 Å². The maximum Gasteiger partial charge on any atom is 0.0595 e. The van der Waals surface area contributed by atoms with Gasteiger partial charge in [0.2, 0.25) is 0 Å². The molecule has 0 unspecified atom stereocenters. The van der Waals surface area contributed by atoms with Crippen molar-refractivity contribution in [2.24, 2.45) is 5.73 Å². The van der Waals surface area contributed by atoms with Crippen molar-refractivity contribution in [2.45, 2.75) is 64.0 Å². The van der Waals surface area contributed by atoms with Crippen molar-refractivity contribution < 1.29 is 4.74 Å². The summed E-state index contributed by atoms with van der Waals surface area (Å²) in [7, 11) is 1.83. The zero-order valence-corrected chi connectivity index (χ0v) is 11.9. The van der Waals surface area contributed by atoms with Gasteiger partial charge in [0.25, 0.3) is 0 Å². The average molecular weight is 242 g/mol. The van der Waals surface area contributed by atoms with Gasteiger partial charge in [0.05, 0.1) is 6.10 Å². The van der Waals surface area contributed by atoms with Crippen LogP contribution in [0.2, 0.25) is 0 Å². The number of likely N-dealkylation sites (tertiary alicyclic amines) is 1. The monoisotopic (exact) mass is 242 g/mol. The predicted octanol–water partition coefficient (Wildman–Crippen LogP) is 2.39. The Balaban J connectivity index is 2.63. The van der Waals surface area contributed by atoms with Crippen LogP contribution < -0.4 is 5.73 Å². The molecule has 0 aliphatic carbocycles. The van der Waals surface area contributed by atoms with Crippen LogP contribution in [0.15, 0.2) is 0 Å². The predicted molar refractivity (Wildman–Crippen MR) is 73.2 cm³/mol. The Morgan fingerprint density at radius 3 is 2.06 bits per heavy atom. The van der Waals surface area contributed by atoms with E-state index in [0.29, 0.717) is 6.10 Å². The van der Waals surface area contributed by atoms with Crippen molar-refractivity contribution in [1.29, 1.82) is 0 Å². The Morgan fingerprint density at radius 2 is 1.71 bits per heavy atom. The lowest BCUT2D eigenvalue weighted by Gasteiger charge is -2.46. The summed E-state index contributed by atoms with van der Waals surface area (Å²) >= 11 is 0. The van der Waals surface area contributed by atoms with Crippen molar-refractivity contribution in [3.05, 3.63) is 0 Å². The first-order chi connectivity index (χ1) is 8.22. The summed E-state index contributed by atoms with van der Waals surface area (Å²) in [5, 5.41) is 0. The Kier molecular flexibility index (Phi) is 6.45. The molecule has 0 saturated carbocycles. The zero-order chi connectivity index (χ0) is 12.7. The van der Waals surface area contributed by atoms with Gasteiger partial charge < -0.3 is 10.5 Å². The largest absolute Gasteiger partial charge is 0.381 e. The molecule has 1 heterocycles. The Bertz CT molecular complexity index is 194. The smallest absolute Gasteiger partial charge is 0.0595 e. The molecular formula is C14H30N2O. The van der Waals surface area contributed by atoms with Crippen molar-refractivity contribution in [1.82, 2.24) is 4.90 Å². The molecule has 0 radical (unpaired) electrons. The van der Waals surface area contributed by atoms with E-state index in [2.05, 4.69) is 18.7 Å². The van der Waals surface area contributed by atoms with Crippen molar-refractivity contribution in [3.63, 3.8) is 0 Å². The van der Waals surface area contributed by atoms with E-state index in [9.17, 15) is 0 Å². The molecular weight excluding hydrogens is 212 g/mol. The molecule has 0 amide bonds. The first-order valence-corrected chi connectivity index (χ1v) is 7.20. The van der Waals surface area contributed by atoms with E-state index in [1.165, 1.54) is 25.7 Å². The normalized spacial score (nSPS) is 19.8. The molecule has 1 fully saturated rings. The second-order valence-electron chi connectivity index (χ2n) is 5.35. The van der Waals surface area contributed by atoms with Crippen molar-refractivity contribution >= 4 is 0 Å². The highest BCUT2D eigenvalue weighted by Gasteiger charge is 2.35. The minimum absolute atomic E-state index is 0.252. The standard InChI is InChI=1S/C14H30N2O/c1-4-8-14(12-15,9-5-2)16-10-6-13(17-3)7-11-16/h13H,4-12,15H2,1-3H3. The second-order valence-corrected chi connectivity index (χ2v) is 5.35. The Labute approximate surface area is 107 Å². The molecule has 0 atom stereocenters. The molecule has 3 heteroatoms. The summed E-state index contributed by atoms with van der Waals surface area (Å²) in [6.45, 7) is 7.63. The van der Waals surface area contributed by atoms with E-state index < -0.39 is 0 Å². The van der Waals surface area contributed by atoms with Crippen LogP contribution in [-0.2, 0) is 4.74 Å². The molecule has 0 bridgehead atoms. The van der Waals surface area contributed by atoms with Gasteiger partial charge in [-0.1, -0.05) is 26.7 Å². The fourth-order valence-electron chi connectivity index (χ4n) is 3.27. The number of hydrogen-bond donors (Lipinski definition) is 1. The van der Waals surface area contributed by atoms with Gasteiger partial charge in [-0.25, -0.2) is 0 Å². The molecule has 102 valence electrons. The zero-order valence-electron chi connectivity index (χ0n) is 11.9. The number of ether oxygens (including phenoxy) is 1. The topological polar surface area (TPSA) is 38.5 Å². The number of rotatable bonds is 7. The maximum absolute atomic E-state index is 6.10. The molecule has 1 aliphatic rings. The minimum atomic E-state index is 0.252. The quantitative estimate of drug-likeness (QED) is 0.745. The van der Waals surface area contributed by atoms with Crippen LogP contribution in [0, 0.1) is 0 Å². The van der Waals surface area contributed by atoms with Crippen LogP contribution in [0.3, 0.4) is 0 Å². The lowest BCUT2D eigenvalue weighted by molar-refractivity contribution is -0.00904. The summed E-state index contributed by atoms with van der Waals surface area (Å²) in [5.74, 6) is 0. The third kappa shape index (κ3) is 3.67. The number of hydrogen-bond acceptors (Lipinski definition) is 3. The first kappa shape index (κ1) is 14.9. The fourth-order valence-corrected chi connectivity index (χ4v) is 3.27. The molecule has 1 saturated heterocycles. The molecule has 3 nitrogen and oxygen atoms in total. The van der Waals surface area contributed by atoms with Crippen LogP contribution >= 0.6 is 0 Å². The Hall–Kier alpha value is -0.120. The van der Waals surface area contributed by atoms with Crippen LogP contribution in [0.25, 0.3) is 0 Å². The molecule has 0 spiro atoms. The van der Waals surface area contributed by atoms with Crippen molar-refractivity contribution in [2.75, 3.05) is 26.7 Å². The molecule has 0 aromatic heterocycles. The lowest BCUT2D eigenvalue weighted by Crippen LogP contribution is -2.56. The number of piperidine rings is 1. The summed E-state index contributed by atoms with van der Waals surface area (Å²) < 4.78 is 5.45.